The first-order chi connectivity index (χ1) is 13.9. The van der Waals surface area contributed by atoms with Gasteiger partial charge in [0.15, 0.2) is 0 Å². The summed E-state index contributed by atoms with van der Waals surface area (Å²) in [5.74, 6) is -0.114. The molecule has 0 radical (unpaired) electrons. The van der Waals surface area contributed by atoms with Crippen molar-refractivity contribution in [2.24, 2.45) is 0 Å². The van der Waals surface area contributed by atoms with Gasteiger partial charge >= 0.3 is 0 Å². The lowest BCUT2D eigenvalue weighted by molar-refractivity contribution is 0.0717. The van der Waals surface area contributed by atoms with E-state index in [4.69, 9.17) is 0 Å². The molecule has 2 aromatic rings. The highest BCUT2D eigenvalue weighted by molar-refractivity contribution is 7.89. The Morgan fingerprint density at radius 3 is 2.34 bits per heavy atom. The van der Waals surface area contributed by atoms with E-state index in [2.05, 4.69) is 4.72 Å². The molecule has 1 fully saturated rings. The van der Waals surface area contributed by atoms with Crippen LogP contribution in [-0.2, 0) is 16.6 Å². The van der Waals surface area contributed by atoms with Crippen LogP contribution in [0.5, 0.6) is 0 Å². The molecule has 0 atom stereocenters. The first-order valence-electron chi connectivity index (χ1n) is 10.3. The van der Waals surface area contributed by atoms with Crippen molar-refractivity contribution in [3.63, 3.8) is 0 Å². The predicted molar refractivity (Wildman–Crippen MR) is 115 cm³/mol. The molecule has 0 bridgehead atoms. The Morgan fingerprint density at radius 2 is 1.69 bits per heavy atom. The zero-order valence-electron chi connectivity index (χ0n) is 17.2. The average molecular weight is 415 g/mol. The zero-order chi connectivity index (χ0) is 20.9. The summed E-state index contributed by atoms with van der Waals surface area (Å²) in [6.45, 7) is 1.96. The van der Waals surface area contributed by atoms with Crippen LogP contribution >= 0.6 is 0 Å². The summed E-state index contributed by atoms with van der Waals surface area (Å²) in [5.41, 5.74) is 1.93. The van der Waals surface area contributed by atoms with Gasteiger partial charge < -0.3 is 4.90 Å². The Balaban J connectivity index is 1.78. The van der Waals surface area contributed by atoms with Crippen molar-refractivity contribution < 1.29 is 13.2 Å². The van der Waals surface area contributed by atoms with Crippen LogP contribution in [0.2, 0.25) is 0 Å². The van der Waals surface area contributed by atoms with Gasteiger partial charge in [-0.2, -0.15) is 0 Å². The van der Waals surface area contributed by atoms with Crippen LogP contribution in [0.1, 0.15) is 60.0 Å². The van der Waals surface area contributed by atoms with E-state index in [9.17, 15) is 13.2 Å². The molecular weight excluding hydrogens is 384 g/mol. The molecule has 1 amide bonds. The van der Waals surface area contributed by atoms with E-state index < -0.39 is 10.0 Å². The SMILES string of the molecule is Cc1ccc(C(=O)N(C)C2CCCCCC2)cc1S(=O)(=O)NCc1ccccc1. The maximum atomic E-state index is 13.0. The normalized spacial score (nSPS) is 15.7. The highest BCUT2D eigenvalue weighted by Crippen LogP contribution is 2.24. The van der Waals surface area contributed by atoms with E-state index in [0.717, 1.165) is 31.2 Å². The van der Waals surface area contributed by atoms with Gasteiger partial charge in [-0.1, -0.05) is 62.1 Å². The second-order valence-electron chi connectivity index (χ2n) is 7.85. The summed E-state index contributed by atoms with van der Waals surface area (Å²) >= 11 is 0. The molecular formula is C23H30N2O3S. The molecule has 0 saturated heterocycles. The lowest BCUT2D eigenvalue weighted by atomic mass is 10.1. The molecule has 3 rings (SSSR count). The van der Waals surface area contributed by atoms with Gasteiger partial charge in [0.05, 0.1) is 4.90 Å². The van der Waals surface area contributed by atoms with Gasteiger partial charge in [-0.3, -0.25) is 4.79 Å². The number of hydrogen-bond acceptors (Lipinski definition) is 3. The van der Waals surface area contributed by atoms with Gasteiger partial charge in [-0.05, 0) is 43.0 Å². The second kappa shape index (κ2) is 9.55. The Bertz CT molecular complexity index is 934. The highest BCUT2D eigenvalue weighted by atomic mass is 32.2. The molecule has 0 aliphatic heterocycles. The summed E-state index contributed by atoms with van der Waals surface area (Å²) in [6.07, 6.45) is 6.74. The number of benzene rings is 2. The fourth-order valence-electron chi connectivity index (χ4n) is 3.89. The smallest absolute Gasteiger partial charge is 0.253 e. The van der Waals surface area contributed by atoms with E-state index in [1.54, 1.807) is 24.0 Å². The topological polar surface area (TPSA) is 66.5 Å². The Labute approximate surface area is 174 Å². The first-order valence-corrected chi connectivity index (χ1v) is 11.8. The largest absolute Gasteiger partial charge is 0.339 e. The monoisotopic (exact) mass is 414 g/mol. The molecule has 1 saturated carbocycles. The lowest BCUT2D eigenvalue weighted by Gasteiger charge is -2.27. The highest BCUT2D eigenvalue weighted by Gasteiger charge is 2.24. The Morgan fingerprint density at radius 1 is 1.03 bits per heavy atom. The number of rotatable bonds is 6. The summed E-state index contributed by atoms with van der Waals surface area (Å²) in [5, 5.41) is 0. The standard InChI is InChI=1S/C23H30N2O3S/c1-18-14-15-20(23(26)25(2)21-12-8-3-4-9-13-21)16-22(18)29(27,28)24-17-19-10-6-5-7-11-19/h5-7,10-11,14-16,21,24H,3-4,8-9,12-13,17H2,1-2H3. The number of nitrogens with one attached hydrogen (secondary N) is 1. The third-order valence-electron chi connectivity index (χ3n) is 5.73. The number of aryl methyl sites for hydroxylation is 1. The van der Waals surface area contributed by atoms with Gasteiger partial charge in [0.25, 0.3) is 5.91 Å². The summed E-state index contributed by atoms with van der Waals surface area (Å²) in [6, 6.07) is 14.6. The minimum atomic E-state index is -3.72. The minimum absolute atomic E-state index is 0.114. The fourth-order valence-corrected chi connectivity index (χ4v) is 5.18. The predicted octanol–water partition coefficient (Wildman–Crippen LogP) is 4.27. The van der Waals surface area contributed by atoms with Gasteiger partial charge in [0.2, 0.25) is 10.0 Å². The summed E-state index contributed by atoms with van der Waals surface area (Å²) < 4.78 is 28.4. The van der Waals surface area contributed by atoms with Crippen molar-refractivity contribution in [3.05, 3.63) is 65.2 Å². The number of nitrogens with zero attached hydrogens (tertiary/aromatic N) is 1. The molecule has 0 heterocycles. The van der Waals surface area contributed by atoms with Crippen molar-refractivity contribution in [3.8, 4) is 0 Å². The third kappa shape index (κ3) is 5.46. The van der Waals surface area contributed by atoms with E-state index in [1.165, 1.54) is 18.9 Å². The average Bonchev–Trinajstić information content (AvgIpc) is 3.02. The maximum Gasteiger partial charge on any atom is 0.253 e. The quantitative estimate of drug-likeness (QED) is 0.718. The molecule has 1 aliphatic carbocycles. The molecule has 156 valence electrons. The lowest BCUT2D eigenvalue weighted by Crippen LogP contribution is -2.37. The van der Waals surface area contributed by atoms with Crippen molar-refractivity contribution in [2.75, 3.05) is 7.05 Å². The van der Waals surface area contributed by atoms with Crippen molar-refractivity contribution in [1.29, 1.82) is 0 Å². The first kappa shape index (κ1) is 21.5. The van der Waals surface area contributed by atoms with E-state index in [-0.39, 0.29) is 23.4 Å². The summed E-state index contributed by atoms with van der Waals surface area (Å²) in [4.78, 5) is 15.0. The van der Waals surface area contributed by atoms with Crippen LogP contribution in [0.3, 0.4) is 0 Å². The minimum Gasteiger partial charge on any atom is -0.339 e. The van der Waals surface area contributed by atoms with Gasteiger partial charge in [0.1, 0.15) is 0 Å². The van der Waals surface area contributed by atoms with Crippen molar-refractivity contribution >= 4 is 15.9 Å². The van der Waals surface area contributed by atoms with E-state index >= 15 is 0 Å². The number of hydrogen-bond donors (Lipinski definition) is 1. The zero-order valence-corrected chi connectivity index (χ0v) is 18.0. The second-order valence-corrected chi connectivity index (χ2v) is 9.59. The molecule has 0 spiro atoms. The summed E-state index contributed by atoms with van der Waals surface area (Å²) in [7, 11) is -1.89. The van der Waals surface area contributed by atoms with Gasteiger partial charge in [-0.25, -0.2) is 13.1 Å². The fraction of sp³-hybridized carbons (Fsp3) is 0.435. The Hall–Kier alpha value is -2.18. The molecule has 29 heavy (non-hydrogen) atoms. The van der Waals surface area contributed by atoms with Crippen LogP contribution < -0.4 is 4.72 Å². The number of carbonyl (C=O) groups excluding carboxylic acids is 1. The van der Waals surface area contributed by atoms with Crippen molar-refractivity contribution in [1.82, 2.24) is 9.62 Å². The molecule has 2 aromatic carbocycles. The number of carbonyl (C=O) groups is 1. The number of sulfonamides is 1. The molecule has 0 unspecified atom stereocenters. The van der Waals surface area contributed by atoms with Gasteiger partial charge in [0, 0.05) is 25.2 Å². The van der Waals surface area contributed by atoms with Gasteiger partial charge in [-0.15, -0.1) is 0 Å². The van der Waals surface area contributed by atoms with Crippen LogP contribution in [0, 0.1) is 6.92 Å². The molecule has 0 aromatic heterocycles. The van der Waals surface area contributed by atoms with Crippen LogP contribution in [0.4, 0.5) is 0 Å². The van der Waals surface area contributed by atoms with Crippen molar-refractivity contribution in [2.45, 2.75) is 62.9 Å². The molecule has 5 nitrogen and oxygen atoms in total. The molecule has 1 N–H and O–H groups in total. The van der Waals surface area contributed by atoms with Crippen LogP contribution in [0.25, 0.3) is 0 Å². The van der Waals surface area contributed by atoms with E-state index in [1.807, 2.05) is 37.4 Å². The third-order valence-corrected chi connectivity index (χ3v) is 7.27. The molecule has 6 heteroatoms. The number of amides is 1. The van der Waals surface area contributed by atoms with Crippen LogP contribution in [0.15, 0.2) is 53.4 Å². The maximum absolute atomic E-state index is 13.0. The van der Waals surface area contributed by atoms with E-state index in [0.29, 0.717) is 11.1 Å². The van der Waals surface area contributed by atoms with Crippen LogP contribution in [-0.4, -0.2) is 32.3 Å². The molecule has 1 aliphatic rings. The Kier molecular flexibility index (Phi) is 7.09.